The lowest BCUT2D eigenvalue weighted by atomic mass is 10.1. The normalized spacial score (nSPS) is 18.2. The van der Waals surface area contributed by atoms with E-state index in [1.54, 1.807) is 6.26 Å². The van der Waals surface area contributed by atoms with Crippen LogP contribution in [0.15, 0.2) is 35.2 Å². The fourth-order valence-corrected chi connectivity index (χ4v) is 2.90. The average molecular weight is 328 g/mol. The van der Waals surface area contributed by atoms with Crippen LogP contribution in [0, 0.1) is 11.8 Å². The summed E-state index contributed by atoms with van der Waals surface area (Å²) >= 11 is 0. The van der Waals surface area contributed by atoms with Crippen molar-refractivity contribution in [1.82, 2.24) is 20.2 Å². The number of likely N-dealkylation sites (tertiary alicyclic amines) is 1. The Morgan fingerprint density at radius 2 is 2.21 bits per heavy atom. The fourth-order valence-electron chi connectivity index (χ4n) is 2.90. The number of nitrogens with zero attached hydrogens (tertiary/aromatic N) is 3. The first-order valence-electron chi connectivity index (χ1n) is 8.46. The summed E-state index contributed by atoms with van der Waals surface area (Å²) in [5.41, 5.74) is 1.09. The van der Waals surface area contributed by atoms with Crippen molar-refractivity contribution in [3.05, 3.63) is 36.4 Å². The predicted molar refractivity (Wildman–Crippen MR) is 91.0 cm³/mol. The Kier molecular flexibility index (Phi) is 5.25. The van der Waals surface area contributed by atoms with Gasteiger partial charge < -0.3 is 9.73 Å². The van der Waals surface area contributed by atoms with Crippen molar-refractivity contribution in [3.63, 3.8) is 0 Å². The molecular weight excluding hydrogens is 304 g/mol. The van der Waals surface area contributed by atoms with Crippen LogP contribution in [-0.2, 0) is 11.3 Å². The highest BCUT2D eigenvalue weighted by Gasteiger charge is 2.23. The molecule has 3 rings (SSSR count). The van der Waals surface area contributed by atoms with E-state index in [4.69, 9.17) is 4.42 Å². The van der Waals surface area contributed by atoms with Gasteiger partial charge in [0, 0.05) is 43.5 Å². The van der Waals surface area contributed by atoms with Crippen molar-refractivity contribution in [1.29, 1.82) is 0 Å². The van der Waals surface area contributed by atoms with Crippen LogP contribution < -0.4 is 5.32 Å². The molecule has 1 unspecified atom stereocenters. The van der Waals surface area contributed by atoms with Gasteiger partial charge in [-0.05, 0) is 31.0 Å². The van der Waals surface area contributed by atoms with Crippen LogP contribution in [0.3, 0.4) is 0 Å². The van der Waals surface area contributed by atoms with Gasteiger partial charge in [0.15, 0.2) is 11.6 Å². The molecule has 1 N–H and O–H groups in total. The number of carbonyl (C=O) groups excluding carboxylic acids is 1. The molecule has 2 aromatic heterocycles. The monoisotopic (exact) mass is 328 g/mol. The molecule has 1 aliphatic heterocycles. The smallest absolute Gasteiger partial charge is 0.222 e. The maximum absolute atomic E-state index is 11.7. The lowest BCUT2D eigenvalue weighted by Gasteiger charge is -2.16. The first-order valence-corrected chi connectivity index (χ1v) is 8.46. The summed E-state index contributed by atoms with van der Waals surface area (Å²) in [6.45, 7) is 7.49. The summed E-state index contributed by atoms with van der Waals surface area (Å²) in [7, 11) is 0. The van der Waals surface area contributed by atoms with Crippen LogP contribution in [0.2, 0.25) is 0 Å². The summed E-state index contributed by atoms with van der Waals surface area (Å²) in [4.78, 5) is 22.8. The maximum Gasteiger partial charge on any atom is 0.222 e. The highest BCUT2D eigenvalue weighted by Crippen LogP contribution is 2.19. The quantitative estimate of drug-likeness (QED) is 0.881. The summed E-state index contributed by atoms with van der Waals surface area (Å²) < 4.78 is 5.30. The van der Waals surface area contributed by atoms with Gasteiger partial charge in [-0.25, -0.2) is 9.97 Å². The van der Waals surface area contributed by atoms with E-state index in [0.29, 0.717) is 17.5 Å². The van der Waals surface area contributed by atoms with Crippen LogP contribution in [0.5, 0.6) is 0 Å². The molecule has 0 saturated carbocycles. The average Bonchev–Trinajstić information content (AvgIpc) is 3.25. The molecule has 2 aromatic rings. The zero-order chi connectivity index (χ0) is 16.9. The van der Waals surface area contributed by atoms with Crippen LogP contribution in [0.4, 0.5) is 0 Å². The van der Waals surface area contributed by atoms with Gasteiger partial charge in [-0.15, -0.1) is 0 Å². The third-order valence-corrected chi connectivity index (χ3v) is 4.31. The molecule has 3 heterocycles. The zero-order valence-corrected chi connectivity index (χ0v) is 14.2. The summed E-state index contributed by atoms with van der Waals surface area (Å²) in [6.07, 6.45) is 6.45. The first kappa shape index (κ1) is 16.6. The number of carbonyl (C=O) groups is 1. The van der Waals surface area contributed by atoms with Crippen LogP contribution in [0.1, 0.15) is 25.8 Å². The van der Waals surface area contributed by atoms with E-state index in [1.165, 1.54) is 0 Å². The lowest BCUT2D eigenvalue weighted by Crippen LogP contribution is -2.33. The molecule has 1 saturated heterocycles. The van der Waals surface area contributed by atoms with Gasteiger partial charge in [-0.1, -0.05) is 13.8 Å². The minimum Gasteiger partial charge on any atom is -0.461 e. The third-order valence-electron chi connectivity index (χ3n) is 4.31. The van der Waals surface area contributed by atoms with Crippen molar-refractivity contribution >= 4 is 5.91 Å². The van der Waals surface area contributed by atoms with E-state index in [9.17, 15) is 4.79 Å². The van der Waals surface area contributed by atoms with E-state index in [-0.39, 0.29) is 11.8 Å². The second-order valence-electron chi connectivity index (χ2n) is 6.68. The van der Waals surface area contributed by atoms with Crippen molar-refractivity contribution in [2.24, 2.45) is 11.8 Å². The Labute approximate surface area is 142 Å². The number of hydrogen-bond acceptors (Lipinski definition) is 5. The zero-order valence-electron chi connectivity index (χ0n) is 14.2. The van der Waals surface area contributed by atoms with Gasteiger partial charge in [-0.2, -0.15) is 0 Å². The molecule has 1 atom stereocenters. The Morgan fingerprint density at radius 3 is 2.88 bits per heavy atom. The molecule has 0 aliphatic carbocycles. The van der Waals surface area contributed by atoms with E-state index in [0.717, 1.165) is 38.2 Å². The molecule has 6 heteroatoms. The summed E-state index contributed by atoms with van der Waals surface area (Å²) in [5.74, 6) is 2.00. The van der Waals surface area contributed by atoms with Gasteiger partial charge >= 0.3 is 0 Å². The van der Waals surface area contributed by atoms with E-state index >= 15 is 0 Å². The van der Waals surface area contributed by atoms with Crippen LogP contribution in [0.25, 0.3) is 11.6 Å². The van der Waals surface area contributed by atoms with Crippen molar-refractivity contribution in [2.45, 2.75) is 26.8 Å². The van der Waals surface area contributed by atoms with Gasteiger partial charge in [0.1, 0.15) is 0 Å². The fraction of sp³-hybridized carbons (Fsp3) is 0.500. The van der Waals surface area contributed by atoms with Crippen molar-refractivity contribution < 1.29 is 9.21 Å². The molecule has 24 heavy (non-hydrogen) atoms. The number of aromatic nitrogens is 2. The molecule has 6 nitrogen and oxygen atoms in total. The molecule has 1 aliphatic rings. The molecule has 0 bridgehead atoms. The topological polar surface area (TPSA) is 71.3 Å². The first-order chi connectivity index (χ1) is 11.6. The van der Waals surface area contributed by atoms with Crippen LogP contribution in [-0.4, -0.2) is 40.4 Å². The Hall–Kier alpha value is -2.21. The van der Waals surface area contributed by atoms with Crippen LogP contribution >= 0.6 is 0 Å². The summed E-state index contributed by atoms with van der Waals surface area (Å²) in [6, 6.07) is 3.68. The highest BCUT2D eigenvalue weighted by atomic mass is 16.3. The second-order valence-corrected chi connectivity index (χ2v) is 6.68. The van der Waals surface area contributed by atoms with Crippen molar-refractivity contribution in [2.75, 3.05) is 19.6 Å². The number of amides is 1. The minimum atomic E-state index is 0.0485. The lowest BCUT2D eigenvalue weighted by molar-refractivity contribution is -0.124. The van der Waals surface area contributed by atoms with Gasteiger partial charge in [0.2, 0.25) is 5.91 Å². The van der Waals surface area contributed by atoms with Crippen molar-refractivity contribution in [3.8, 4) is 11.6 Å². The van der Waals surface area contributed by atoms with Gasteiger partial charge in [-0.3, -0.25) is 9.69 Å². The maximum atomic E-state index is 11.7. The Morgan fingerprint density at radius 1 is 1.42 bits per heavy atom. The van der Waals surface area contributed by atoms with Gasteiger partial charge in [0.25, 0.3) is 0 Å². The Bertz CT molecular complexity index is 652. The summed E-state index contributed by atoms with van der Waals surface area (Å²) in [5, 5.41) is 3.03. The van der Waals surface area contributed by atoms with E-state index in [2.05, 4.69) is 20.2 Å². The number of rotatable bonds is 6. The SMILES string of the molecule is CC(C)C(=O)NCC1CCN(Cc2cnc(-c3ccco3)nc2)C1. The number of nitrogens with one attached hydrogen (secondary N) is 1. The van der Waals surface area contributed by atoms with E-state index in [1.807, 2.05) is 38.4 Å². The molecule has 0 radical (unpaired) electrons. The third kappa shape index (κ3) is 4.20. The van der Waals surface area contributed by atoms with Gasteiger partial charge in [0.05, 0.1) is 6.26 Å². The number of furan rings is 1. The molecule has 0 aromatic carbocycles. The largest absolute Gasteiger partial charge is 0.461 e. The predicted octanol–water partition coefficient (Wildman–Crippen LogP) is 2.33. The van der Waals surface area contributed by atoms with E-state index < -0.39 is 0 Å². The number of hydrogen-bond donors (Lipinski definition) is 1. The highest BCUT2D eigenvalue weighted by molar-refractivity contribution is 5.77. The Balaban J connectivity index is 1.48. The molecule has 1 fully saturated rings. The minimum absolute atomic E-state index is 0.0485. The molecule has 128 valence electrons. The second kappa shape index (κ2) is 7.57. The molecule has 1 amide bonds. The molecule has 0 spiro atoms. The molecular formula is C18H24N4O2. The standard InChI is InChI=1S/C18H24N4O2/c1-13(2)18(23)21-8-14-5-6-22(11-14)12-15-9-19-17(20-10-15)16-4-3-7-24-16/h3-4,7,9-10,13-14H,5-6,8,11-12H2,1-2H3,(H,21,23).